The standard InChI is InChI=1S/C23H27N5O4S/c1-3-16-7-8-18(23(29)30)14-22(16)33(31,32)25-19-13-17(20-15-27(2)26-24-20)9-10-21(19)28-11-5-4-6-12-28/h7-10,13-15,25H,3-6,11-12H2,1-2H3,(H,29,30). The highest BCUT2D eigenvalue weighted by atomic mass is 32.2. The van der Waals surface area contributed by atoms with E-state index in [0.29, 0.717) is 23.4 Å². The summed E-state index contributed by atoms with van der Waals surface area (Å²) in [6.07, 6.45) is 5.45. The highest BCUT2D eigenvalue weighted by Crippen LogP contribution is 2.34. The Labute approximate surface area is 193 Å². The maximum Gasteiger partial charge on any atom is 0.335 e. The largest absolute Gasteiger partial charge is 0.478 e. The van der Waals surface area contributed by atoms with Crippen LogP contribution in [-0.2, 0) is 23.5 Å². The summed E-state index contributed by atoms with van der Waals surface area (Å²) in [4.78, 5) is 13.6. The van der Waals surface area contributed by atoms with Crippen molar-refractivity contribution in [3.8, 4) is 11.3 Å². The zero-order valence-electron chi connectivity index (χ0n) is 18.7. The topological polar surface area (TPSA) is 117 Å². The number of hydrogen-bond acceptors (Lipinski definition) is 6. The van der Waals surface area contributed by atoms with Gasteiger partial charge in [0.25, 0.3) is 10.0 Å². The Balaban J connectivity index is 1.79. The van der Waals surface area contributed by atoms with Gasteiger partial charge in [0.05, 0.1) is 28.0 Å². The molecule has 2 N–H and O–H groups in total. The van der Waals surface area contributed by atoms with E-state index >= 15 is 0 Å². The number of anilines is 2. The summed E-state index contributed by atoms with van der Waals surface area (Å²) in [5, 5.41) is 17.5. The molecule has 10 heteroatoms. The third-order valence-electron chi connectivity index (χ3n) is 5.82. The molecule has 1 saturated heterocycles. The Morgan fingerprint density at radius 2 is 1.88 bits per heavy atom. The minimum absolute atomic E-state index is 0.0283. The molecule has 0 unspecified atom stereocenters. The molecule has 2 heterocycles. The predicted molar refractivity (Wildman–Crippen MR) is 126 cm³/mol. The lowest BCUT2D eigenvalue weighted by Crippen LogP contribution is -2.30. The molecule has 0 saturated carbocycles. The van der Waals surface area contributed by atoms with Gasteiger partial charge in [0.1, 0.15) is 5.69 Å². The van der Waals surface area contributed by atoms with E-state index in [9.17, 15) is 18.3 Å². The van der Waals surface area contributed by atoms with Crippen molar-refractivity contribution in [1.82, 2.24) is 15.0 Å². The second-order valence-corrected chi connectivity index (χ2v) is 9.79. The molecule has 2 aromatic carbocycles. The SMILES string of the molecule is CCc1ccc(C(=O)O)cc1S(=O)(=O)Nc1cc(-c2cn(C)nn2)ccc1N1CCCCC1. The van der Waals surface area contributed by atoms with Crippen LogP contribution in [0.4, 0.5) is 11.4 Å². The van der Waals surface area contributed by atoms with E-state index in [0.717, 1.165) is 43.6 Å². The van der Waals surface area contributed by atoms with Crippen LogP contribution in [0.5, 0.6) is 0 Å². The van der Waals surface area contributed by atoms with Crippen molar-refractivity contribution in [2.45, 2.75) is 37.5 Å². The van der Waals surface area contributed by atoms with Crippen LogP contribution in [0.15, 0.2) is 47.5 Å². The molecule has 33 heavy (non-hydrogen) atoms. The number of hydrogen-bond donors (Lipinski definition) is 2. The molecule has 0 spiro atoms. The van der Waals surface area contributed by atoms with Gasteiger partial charge >= 0.3 is 5.97 Å². The maximum absolute atomic E-state index is 13.5. The summed E-state index contributed by atoms with van der Waals surface area (Å²) >= 11 is 0. The number of benzene rings is 2. The first kappa shape index (κ1) is 22.8. The number of rotatable bonds is 7. The van der Waals surface area contributed by atoms with Crippen LogP contribution in [-0.4, -0.2) is 47.6 Å². The Hall–Kier alpha value is -3.40. The number of carboxylic acid groups (broad SMARTS) is 1. The van der Waals surface area contributed by atoms with Gasteiger partial charge in [-0.1, -0.05) is 24.3 Å². The normalized spacial score (nSPS) is 14.3. The summed E-state index contributed by atoms with van der Waals surface area (Å²) in [5.74, 6) is -1.17. The number of aromatic nitrogens is 3. The van der Waals surface area contributed by atoms with Gasteiger partial charge < -0.3 is 10.0 Å². The van der Waals surface area contributed by atoms with Gasteiger partial charge in [-0.25, -0.2) is 13.2 Å². The van der Waals surface area contributed by atoms with Gasteiger partial charge in [-0.2, -0.15) is 0 Å². The first-order chi connectivity index (χ1) is 15.8. The fourth-order valence-corrected chi connectivity index (χ4v) is 5.50. The van der Waals surface area contributed by atoms with Crippen LogP contribution in [0.2, 0.25) is 0 Å². The Kier molecular flexibility index (Phi) is 6.37. The fraction of sp³-hybridized carbons (Fsp3) is 0.348. The summed E-state index contributed by atoms with van der Waals surface area (Å²) in [6, 6.07) is 9.78. The summed E-state index contributed by atoms with van der Waals surface area (Å²) in [7, 11) is -2.28. The molecule has 3 aromatic rings. The van der Waals surface area contributed by atoms with Crippen molar-refractivity contribution in [2.24, 2.45) is 7.05 Å². The summed E-state index contributed by atoms with van der Waals surface area (Å²) in [6.45, 7) is 3.52. The lowest BCUT2D eigenvalue weighted by Gasteiger charge is -2.31. The van der Waals surface area contributed by atoms with Crippen molar-refractivity contribution >= 4 is 27.4 Å². The molecule has 1 aromatic heterocycles. The van der Waals surface area contributed by atoms with Crippen LogP contribution in [0.25, 0.3) is 11.3 Å². The van der Waals surface area contributed by atoms with E-state index in [1.165, 1.54) is 12.1 Å². The van der Waals surface area contributed by atoms with E-state index in [4.69, 9.17) is 0 Å². The molecule has 9 nitrogen and oxygen atoms in total. The number of aromatic carboxylic acids is 1. The Morgan fingerprint density at radius 3 is 2.52 bits per heavy atom. The van der Waals surface area contributed by atoms with Crippen molar-refractivity contribution in [1.29, 1.82) is 0 Å². The van der Waals surface area contributed by atoms with E-state index in [2.05, 4.69) is 19.9 Å². The lowest BCUT2D eigenvalue weighted by atomic mass is 10.1. The van der Waals surface area contributed by atoms with Crippen molar-refractivity contribution in [3.05, 3.63) is 53.7 Å². The van der Waals surface area contributed by atoms with Gasteiger partial charge in [-0.3, -0.25) is 9.40 Å². The number of carbonyl (C=O) groups is 1. The first-order valence-corrected chi connectivity index (χ1v) is 12.4. The summed E-state index contributed by atoms with van der Waals surface area (Å²) in [5.41, 5.74) is 3.07. The van der Waals surface area contributed by atoms with E-state index in [-0.39, 0.29) is 10.5 Å². The van der Waals surface area contributed by atoms with Crippen molar-refractivity contribution in [2.75, 3.05) is 22.7 Å². The van der Waals surface area contributed by atoms with E-state index < -0.39 is 16.0 Å². The number of nitrogens with one attached hydrogen (secondary N) is 1. The van der Waals surface area contributed by atoms with Crippen molar-refractivity contribution in [3.63, 3.8) is 0 Å². The van der Waals surface area contributed by atoms with E-state index in [1.54, 1.807) is 30.1 Å². The molecule has 1 fully saturated rings. The lowest BCUT2D eigenvalue weighted by molar-refractivity contribution is 0.0696. The average molecular weight is 470 g/mol. The number of nitrogens with zero attached hydrogens (tertiary/aromatic N) is 4. The van der Waals surface area contributed by atoms with Crippen LogP contribution in [0.1, 0.15) is 42.1 Å². The second kappa shape index (κ2) is 9.22. The minimum atomic E-state index is -4.05. The third-order valence-corrected chi connectivity index (χ3v) is 7.27. The zero-order chi connectivity index (χ0) is 23.6. The Bertz CT molecular complexity index is 1280. The zero-order valence-corrected chi connectivity index (χ0v) is 19.5. The van der Waals surface area contributed by atoms with Crippen LogP contribution >= 0.6 is 0 Å². The molecule has 0 aliphatic carbocycles. The molecule has 0 amide bonds. The van der Waals surface area contributed by atoms with Gasteiger partial charge in [0.15, 0.2) is 0 Å². The molecule has 0 radical (unpaired) electrons. The number of piperidine rings is 1. The monoisotopic (exact) mass is 469 g/mol. The summed E-state index contributed by atoms with van der Waals surface area (Å²) < 4.78 is 31.3. The number of sulfonamides is 1. The van der Waals surface area contributed by atoms with Crippen LogP contribution in [0, 0.1) is 0 Å². The van der Waals surface area contributed by atoms with Crippen LogP contribution in [0.3, 0.4) is 0 Å². The molecular formula is C23H27N5O4S. The molecule has 4 rings (SSSR count). The van der Waals surface area contributed by atoms with Gasteiger partial charge in [0, 0.05) is 25.7 Å². The van der Waals surface area contributed by atoms with Crippen molar-refractivity contribution < 1.29 is 18.3 Å². The number of carboxylic acids is 1. The second-order valence-electron chi connectivity index (χ2n) is 8.14. The fourth-order valence-electron chi connectivity index (χ4n) is 4.10. The van der Waals surface area contributed by atoms with Gasteiger partial charge in [0.2, 0.25) is 0 Å². The highest BCUT2D eigenvalue weighted by Gasteiger charge is 2.24. The maximum atomic E-state index is 13.5. The molecule has 0 bridgehead atoms. The van der Waals surface area contributed by atoms with Gasteiger partial charge in [-0.15, -0.1) is 5.10 Å². The average Bonchev–Trinajstić information content (AvgIpc) is 3.25. The molecule has 174 valence electrons. The molecule has 1 aliphatic heterocycles. The van der Waals surface area contributed by atoms with E-state index in [1.807, 2.05) is 19.1 Å². The molecule has 0 atom stereocenters. The molecular weight excluding hydrogens is 442 g/mol. The molecule has 1 aliphatic rings. The number of aryl methyl sites for hydroxylation is 2. The first-order valence-electron chi connectivity index (χ1n) is 10.9. The Morgan fingerprint density at radius 1 is 1.12 bits per heavy atom. The third kappa shape index (κ3) is 4.85. The van der Waals surface area contributed by atoms with Gasteiger partial charge in [-0.05, 0) is 55.5 Å². The highest BCUT2D eigenvalue weighted by molar-refractivity contribution is 7.92. The van der Waals surface area contributed by atoms with Crippen LogP contribution < -0.4 is 9.62 Å². The smallest absolute Gasteiger partial charge is 0.335 e. The predicted octanol–water partition coefficient (Wildman–Crippen LogP) is 3.53. The quantitative estimate of drug-likeness (QED) is 0.543. The minimum Gasteiger partial charge on any atom is -0.478 e.